The molecule has 0 aromatic heterocycles. The first-order chi connectivity index (χ1) is 9.71. The molecule has 20 heavy (non-hydrogen) atoms. The molecular weight excluding hydrogens is 258 g/mol. The number of hydrogen-bond donors (Lipinski definition) is 2. The fourth-order valence-corrected chi connectivity index (χ4v) is 1.55. The average molecular weight is 277 g/mol. The van der Waals surface area contributed by atoms with Crippen molar-refractivity contribution in [2.75, 3.05) is 32.2 Å². The first-order valence-electron chi connectivity index (χ1n) is 6.36. The van der Waals surface area contributed by atoms with Crippen molar-refractivity contribution in [3.05, 3.63) is 23.8 Å². The van der Waals surface area contributed by atoms with E-state index in [4.69, 9.17) is 14.6 Å². The van der Waals surface area contributed by atoms with Crippen molar-refractivity contribution in [3.63, 3.8) is 0 Å². The van der Waals surface area contributed by atoms with Gasteiger partial charge in [-0.1, -0.05) is 11.8 Å². The summed E-state index contributed by atoms with van der Waals surface area (Å²) in [7, 11) is 1.53. The SMILES string of the molecule is CCOCCC(=O)Nc1cc(C#CCO)ccc1OC. The zero-order valence-electron chi connectivity index (χ0n) is 11.7. The minimum Gasteiger partial charge on any atom is -0.495 e. The van der Waals surface area contributed by atoms with Gasteiger partial charge in [0.05, 0.1) is 25.8 Å². The number of carbonyl (C=O) groups is 1. The molecule has 2 N–H and O–H groups in total. The zero-order valence-corrected chi connectivity index (χ0v) is 11.7. The van der Waals surface area contributed by atoms with Crippen LogP contribution in [0.3, 0.4) is 0 Å². The number of anilines is 1. The van der Waals surface area contributed by atoms with Crippen molar-refractivity contribution in [1.29, 1.82) is 0 Å². The highest BCUT2D eigenvalue weighted by Gasteiger charge is 2.08. The molecule has 0 saturated carbocycles. The summed E-state index contributed by atoms with van der Waals surface area (Å²) in [6, 6.07) is 5.19. The van der Waals surface area contributed by atoms with Gasteiger partial charge in [0.1, 0.15) is 12.4 Å². The van der Waals surface area contributed by atoms with Crippen molar-refractivity contribution in [2.24, 2.45) is 0 Å². The Kier molecular flexibility index (Phi) is 7.18. The van der Waals surface area contributed by atoms with Gasteiger partial charge in [-0.15, -0.1) is 0 Å². The van der Waals surface area contributed by atoms with E-state index in [0.717, 1.165) is 0 Å². The third-order valence-corrected chi connectivity index (χ3v) is 2.46. The fraction of sp³-hybridized carbons (Fsp3) is 0.400. The minimum atomic E-state index is -0.206. The molecule has 0 radical (unpaired) electrons. The van der Waals surface area contributed by atoms with E-state index in [1.54, 1.807) is 18.2 Å². The number of benzene rings is 1. The Morgan fingerprint density at radius 3 is 2.90 bits per heavy atom. The molecule has 5 nitrogen and oxygen atoms in total. The Labute approximate surface area is 118 Å². The van der Waals surface area contributed by atoms with Crippen molar-refractivity contribution in [1.82, 2.24) is 0 Å². The summed E-state index contributed by atoms with van der Waals surface area (Å²) in [5.41, 5.74) is 1.25. The summed E-state index contributed by atoms with van der Waals surface area (Å²) in [5.74, 6) is 5.75. The number of ether oxygens (including phenoxy) is 2. The summed E-state index contributed by atoms with van der Waals surface area (Å²) >= 11 is 0. The number of carbonyl (C=O) groups excluding carboxylic acids is 1. The number of methoxy groups -OCH3 is 1. The van der Waals surface area contributed by atoms with E-state index in [0.29, 0.717) is 30.2 Å². The Hall–Kier alpha value is -2.03. The molecule has 5 heteroatoms. The third-order valence-electron chi connectivity index (χ3n) is 2.46. The van der Waals surface area contributed by atoms with Crippen molar-refractivity contribution >= 4 is 11.6 Å². The Balaban J connectivity index is 2.77. The normalized spacial score (nSPS) is 9.55. The van der Waals surface area contributed by atoms with Crippen molar-refractivity contribution in [2.45, 2.75) is 13.3 Å². The van der Waals surface area contributed by atoms with Crippen LogP contribution in [0.2, 0.25) is 0 Å². The number of hydrogen-bond acceptors (Lipinski definition) is 4. The molecule has 0 spiro atoms. The van der Waals surface area contributed by atoms with E-state index >= 15 is 0 Å². The lowest BCUT2D eigenvalue weighted by Gasteiger charge is -2.10. The van der Waals surface area contributed by atoms with Gasteiger partial charge in [-0.2, -0.15) is 0 Å². The van der Waals surface area contributed by atoms with Crippen LogP contribution < -0.4 is 10.1 Å². The first-order valence-corrected chi connectivity index (χ1v) is 6.36. The largest absolute Gasteiger partial charge is 0.495 e. The topological polar surface area (TPSA) is 67.8 Å². The lowest BCUT2D eigenvalue weighted by atomic mass is 10.2. The first kappa shape index (κ1) is 16.0. The maximum absolute atomic E-state index is 11.8. The fourth-order valence-electron chi connectivity index (χ4n) is 1.55. The van der Waals surface area contributed by atoms with E-state index in [-0.39, 0.29) is 18.9 Å². The molecule has 0 bridgehead atoms. The van der Waals surface area contributed by atoms with E-state index in [1.807, 2.05) is 6.92 Å². The lowest BCUT2D eigenvalue weighted by molar-refractivity contribution is -0.117. The van der Waals surface area contributed by atoms with Crippen LogP contribution in [-0.4, -0.2) is 37.9 Å². The minimum absolute atomic E-state index is 0.149. The van der Waals surface area contributed by atoms with Crippen LogP contribution in [0, 0.1) is 11.8 Å². The molecule has 0 atom stereocenters. The molecular formula is C15H19NO4. The number of nitrogens with one attached hydrogen (secondary N) is 1. The Morgan fingerprint density at radius 2 is 2.25 bits per heavy atom. The van der Waals surface area contributed by atoms with E-state index < -0.39 is 0 Å². The monoisotopic (exact) mass is 277 g/mol. The molecule has 1 amide bonds. The van der Waals surface area contributed by atoms with E-state index in [2.05, 4.69) is 17.2 Å². The number of aliphatic hydroxyl groups is 1. The highest BCUT2D eigenvalue weighted by molar-refractivity contribution is 5.92. The van der Waals surface area contributed by atoms with Crippen LogP contribution in [0.1, 0.15) is 18.9 Å². The van der Waals surface area contributed by atoms with Gasteiger partial charge < -0.3 is 19.9 Å². The van der Waals surface area contributed by atoms with E-state index in [9.17, 15) is 4.79 Å². The Morgan fingerprint density at radius 1 is 1.45 bits per heavy atom. The quantitative estimate of drug-likeness (QED) is 0.609. The predicted octanol–water partition coefficient (Wildman–Crippen LogP) is 1.40. The maximum Gasteiger partial charge on any atom is 0.226 e. The van der Waals surface area contributed by atoms with Crippen LogP contribution in [-0.2, 0) is 9.53 Å². The van der Waals surface area contributed by atoms with Gasteiger partial charge >= 0.3 is 0 Å². The number of amides is 1. The van der Waals surface area contributed by atoms with Crippen LogP contribution in [0.25, 0.3) is 0 Å². The van der Waals surface area contributed by atoms with Gasteiger partial charge in [0.25, 0.3) is 0 Å². The summed E-state index contributed by atoms with van der Waals surface area (Å²) in [6.07, 6.45) is 0.281. The summed E-state index contributed by atoms with van der Waals surface area (Å²) in [4.78, 5) is 11.8. The van der Waals surface area contributed by atoms with Gasteiger partial charge in [0, 0.05) is 12.2 Å². The van der Waals surface area contributed by atoms with Gasteiger partial charge in [-0.3, -0.25) is 4.79 Å². The lowest BCUT2D eigenvalue weighted by Crippen LogP contribution is -2.14. The van der Waals surface area contributed by atoms with E-state index in [1.165, 1.54) is 7.11 Å². The second-order valence-corrected chi connectivity index (χ2v) is 3.87. The van der Waals surface area contributed by atoms with Gasteiger partial charge in [0.2, 0.25) is 5.91 Å². The van der Waals surface area contributed by atoms with Crippen LogP contribution in [0.15, 0.2) is 18.2 Å². The molecule has 0 aliphatic heterocycles. The van der Waals surface area contributed by atoms with Crippen LogP contribution in [0.4, 0.5) is 5.69 Å². The van der Waals surface area contributed by atoms with Gasteiger partial charge in [0.15, 0.2) is 0 Å². The Bertz CT molecular complexity index is 502. The molecule has 1 rings (SSSR count). The second kappa shape index (κ2) is 8.97. The van der Waals surface area contributed by atoms with Gasteiger partial charge in [-0.25, -0.2) is 0 Å². The summed E-state index contributed by atoms with van der Waals surface area (Å²) in [6.45, 7) is 2.64. The van der Waals surface area contributed by atoms with Crippen LogP contribution >= 0.6 is 0 Å². The third kappa shape index (κ3) is 5.31. The van der Waals surface area contributed by atoms with Gasteiger partial charge in [-0.05, 0) is 25.1 Å². The highest BCUT2D eigenvalue weighted by atomic mass is 16.5. The molecule has 0 unspecified atom stereocenters. The summed E-state index contributed by atoms with van der Waals surface area (Å²) in [5, 5.41) is 11.4. The molecule has 1 aromatic carbocycles. The molecule has 0 aliphatic rings. The molecule has 0 aliphatic carbocycles. The smallest absolute Gasteiger partial charge is 0.226 e. The highest BCUT2D eigenvalue weighted by Crippen LogP contribution is 2.25. The summed E-state index contributed by atoms with van der Waals surface area (Å²) < 4.78 is 10.3. The zero-order chi connectivity index (χ0) is 14.8. The molecule has 108 valence electrons. The molecule has 0 fully saturated rings. The molecule has 0 saturated heterocycles. The van der Waals surface area contributed by atoms with Crippen molar-refractivity contribution < 1.29 is 19.4 Å². The number of rotatable bonds is 6. The second-order valence-electron chi connectivity index (χ2n) is 3.87. The predicted molar refractivity (Wildman–Crippen MR) is 76.7 cm³/mol. The molecule has 1 aromatic rings. The molecule has 0 heterocycles. The maximum atomic E-state index is 11.8. The standard InChI is InChI=1S/C15H19NO4/c1-3-20-10-8-15(18)16-13-11-12(5-4-9-17)6-7-14(13)19-2/h6-7,11,17H,3,8-10H2,1-2H3,(H,16,18). The van der Waals surface area contributed by atoms with Crippen LogP contribution in [0.5, 0.6) is 5.75 Å². The average Bonchev–Trinajstić information content (AvgIpc) is 2.45. The van der Waals surface area contributed by atoms with Crippen molar-refractivity contribution in [3.8, 4) is 17.6 Å². The number of aliphatic hydroxyl groups excluding tert-OH is 1.